The number of amides is 2. The Labute approximate surface area is 152 Å². The number of esters is 1. The van der Waals surface area contributed by atoms with E-state index in [4.69, 9.17) is 10.5 Å². The van der Waals surface area contributed by atoms with E-state index in [1.54, 1.807) is 12.1 Å². The molecule has 26 heavy (non-hydrogen) atoms. The lowest BCUT2D eigenvalue weighted by Gasteiger charge is -2.15. The van der Waals surface area contributed by atoms with Crippen LogP contribution in [0.2, 0.25) is 0 Å². The van der Waals surface area contributed by atoms with Gasteiger partial charge in [0.1, 0.15) is 12.6 Å². The van der Waals surface area contributed by atoms with Crippen molar-refractivity contribution in [3.05, 3.63) is 70.8 Å². The van der Waals surface area contributed by atoms with Crippen molar-refractivity contribution in [2.45, 2.75) is 32.9 Å². The molecule has 0 heterocycles. The zero-order chi connectivity index (χ0) is 19.1. The average Bonchev–Trinajstić information content (AvgIpc) is 2.59. The minimum Gasteiger partial charge on any atom is -0.461 e. The van der Waals surface area contributed by atoms with Crippen molar-refractivity contribution >= 4 is 17.8 Å². The molecule has 2 amide bonds. The van der Waals surface area contributed by atoms with Gasteiger partial charge in [-0.1, -0.05) is 47.5 Å². The van der Waals surface area contributed by atoms with Crippen LogP contribution in [-0.4, -0.2) is 23.8 Å². The Morgan fingerprint density at radius 2 is 1.65 bits per heavy atom. The average molecular weight is 354 g/mol. The molecule has 136 valence electrons. The Kier molecular flexibility index (Phi) is 6.49. The van der Waals surface area contributed by atoms with Crippen LogP contribution >= 0.6 is 0 Å². The van der Waals surface area contributed by atoms with Gasteiger partial charge >= 0.3 is 5.97 Å². The SMILES string of the molecule is Cc1cc(C)cc(C(=O)N[C@@H](CC(=O)OCc2ccccc2)C(N)=O)c1. The summed E-state index contributed by atoms with van der Waals surface area (Å²) in [5.74, 6) is -1.87. The molecular formula is C20H22N2O4. The molecule has 0 saturated heterocycles. The maximum absolute atomic E-state index is 12.4. The molecule has 0 aromatic heterocycles. The first kappa shape index (κ1) is 19.2. The minimum atomic E-state index is -1.13. The topological polar surface area (TPSA) is 98.5 Å². The quantitative estimate of drug-likeness (QED) is 0.743. The first-order chi connectivity index (χ1) is 12.3. The second-order valence-corrected chi connectivity index (χ2v) is 6.16. The Morgan fingerprint density at radius 1 is 1.04 bits per heavy atom. The van der Waals surface area contributed by atoms with Gasteiger partial charge in [0.15, 0.2) is 0 Å². The number of nitrogens with one attached hydrogen (secondary N) is 1. The van der Waals surface area contributed by atoms with Crippen molar-refractivity contribution in [3.63, 3.8) is 0 Å². The van der Waals surface area contributed by atoms with Crippen molar-refractivity contribution in [3.8, 4) is 0 Å². The molecule has 0 fully saturated rings. The number of nitrogens with two attached hydrogens (primary N) is 1. The van der Waals surface area contributed by atoms with E-state index >= 15 is 0 Å². The highest BCUT2D eigenvalue weighted by Gasteiger charge is 2.23. The number of hydrogen-bond acceptors (Lipinski definition) is 4. The van der Waals surface area contributed by atoms with Crippen LogP contribution in [0.15, 0.2) is 48.5 Å². The molecule has 0 radical (unpaired) electrons. The van der Waals surface area contributed by atoms with E-state index in [2.05, 4.69) is 5.32 Å². The third-order valence-electron chi connectivity index (χ3n) is 3.75. The molecule has 0 aliphatic heterocycles. The predicted molar refractivity (Wildman–Crippen MR) is 97.2 cm³/mol. The Morgan fingerprint density at radius 3 is 2.23 bits per heavy atom. The molecule has 0 aliphatic rings. The van der Waals surface area contributed by atoms with E-state index in [0.717, 1.165) is 16.7 Å². The van der Waals surface area contributed by atoms with Crippen LogP contribution < -0.4 is 11.1 Å². The zero-order valence-corrected chi connectivity index (χ0v) is 14.8. The number of aryl methyl sites for hydroxylation is 2. The van der Waals surface area contributed by atoms with Crippen molar-refractivity contribution in [1.82, 2.24) is 5.32 Å². The van der Waals surface area contributed by atoms with Crippen LogP contribution in [0.3, 0.4) is 0 Å². The van der Waals surface area contributed by atoms with E-state index in [9.17, 15) is 14.4 Å². The van der Waals surface area contributed by atoms with Crippen LogP contribution in [0.4, 0.5) is 0 Å². The van der Waals surface area contributed by atoms with Crippen molar-refractivity contribution < 1.29 is 19.1 Å². The van der Waals surface area contributed by atoms with Crippen LogP contribution in [0.1, 0.15) is 33.5 Å². The van der Waals surface area contributed by atoms with E-state index in [0.29, 0.717) is 5.56 Å². The van der Waals surface area contributed by atoms with Gasteiger partial charge < -0.3 is 15.8 Å². The molecule has 2 aromatic rings. The predicted octanol–water partition coefficient (Wildman–Crippen LogP) is 2.02. The smallest absolute Gasteiger partial charge is 0.308 e. The Balaban J connectivity index is 1.96. The largest absolute Gasteiger partial charge is 0.461 e. The van der Waals surface area contributed by atoms with Gasteiger partial charge in [0.05, 0.1) is 6.42 Å². The molecule has 0 spiro atoms. The lowest BCUT2D eigenvalue weighted by molar-refractivity contribution is -0.146. The normalized spacial score (nSPS) is 11.5. The summed E-state index contributed by atoms with van der Waals surface area (Å²) in [6.45, 7) is 3.84. The molecule has 0 saturated carbocycles. The van der Waals surface area contributed by atoms with Crippen molar-refractivity contribution in [1.29, 1.82) is 0 Å². The van der Waals surface area contributed by atoms with Gasteiger partial charge in [-0.25, -0.2) is 0 Å². The first-order valence-corrected chi connectivity index (χ1v) is 8.23. The molecule has 0 unspecified atom stereocenters. The molecule has 2 rings (SSSR count). The summed E-state index contributed by atoms with van der Waals surface area (Å²) in [6.07, 6.45) is -0.321. The van der Waals surface area contributed by atoms with Gasteiger partial charge in [-0.2, -0.15) is 0 Å². The highest BCUT2D eigenvalue weighted by atomic mass is 16.5. The summed E-state index contributed by atoms with van der Waals surface area (Å²) in [6, 6.07) is 13.4. The summed E-state index contributed by atoms with van der Waals surface area (Å²) >= 11 is 0. The van der Waals surface area contributed by atoms with E-state index in [1.165, 1.54) is 0 Å². The summed E-state index contributed by atoms with van der Waals surface area (Å²) in [5, 5.41) is 2.50. The highest BCUT2D eigenvalue weighted by Crippen LogP contribution is 2.10. The lowest BCUT2D eigenvalue weighted by Crippen LogP contribution is -2.45. The summed E-state index contributed by atoms with van der Waals surface area (Å²) in [7, 11) is 0. The summed E-state index contributed by atoms with van der Waals surface area (Å²) < 4.78 is 5.14. The van der Waals surface area contributed by atoms with Crippen LogP contribution in [0, 0.1) is 13.8 Å². The molecule has 3 N–H and O–H groups in total. The van der Waals surface area contributed by atoms with E-state index in [-0.39, 0.29) is 13.0 Å². The van der Waals surface area contributed by atoms with Gasteiger partial charge in [0.25, 0.3) is 5.91 Å². The van der Waals surface area contributed by atoms with Crippen LogP contribution in [0.25, 0.3) is 0 Å². The van der Waals surface area contributed by atoms with Crippen LogP contribution in [0.5, 0.6) is 0 Å². The molecule has 0 bridgehead atoms. The molecule has 1 atom stereocenters. The second kappa shape index (κ2) is 8.80. The van der Waals surface area contributed by atoms with Crippen LogP contribution in [-0.2, 0) is 20.9 Å². The third kappa shape index (κ3) is 5.73. The third-order valence-corrected chi connectivity index (χ3v) is 3.75. The number of primary amides is 1. The molecule has 2 aromatic carbocycles. The standard InChI is InChI=1S/C20H22N2O4/c1-13-8-14(2)10-16(9-13)20(25)22-17(19(21)24)11-18(23)26-12-15-6-4-3-5-7-15/h3-10,17H,11-12H2,1-2H3,(H2,21,24)(H,22,25)/t17-/m0/s1. The van der Waals surface area contributed by atoms with Crippen molar-refractivity contribution in [2.75, 3.05) is 0 Å². The van der Waals surface area contributed by atoms with Gasteiger partial charge in [0, 0.05) is 5.56 Å². The molecular weight excluding hydrogens is 332 g/mol. The second-order valence-electron chi connectivity index (χ2n) is 6.16. The number of carbonyl (C=O) groups is 3. The first-order valence-electron chi connectivity index (χ1n) is 8.23. The van der Waals surface area contributed by atoms with Gasteiger partial charge in [0.2, 0.25) is 5.91 Å². The van der Waals surface area contributed by atoms with Crippen molar-refractivity contribution in [2.24, 2.45) is 5.73 Å². The number of rotatable bonds is 7. The van der Waals surface area contributed by atoms with Gasteiger partial charge in [-0.3, -0.25) is 14.4 Å². The summed E-state index contributed by atoms with van der Waals surface area (Å²) in [5.41, 5.74) is 8.40. The zero-order valence-electron chi connectivity index (χ0n) is 14.8. The lowest BCUT2D eigenvalue weighted by atomic mass is 10.1. The van der Waals surface area contributed by atoms with E-state index in [1.807, 2.05) is 50.2 Å². The number of hydrogen-bond donors (Lipinski definition) is 2. The van der Waals surface area contributed by atoms with Gasteiger partial charge in [-0.05, 0) is 31.5 Å². The highest BCUT2D eigenvalue weighted by molar-refractivity contribution is 5.98. The number of carbonyl (C=O) groups excluding carboxylic acids is 3. The molecule has 6 heteroatoms. The monoisotopic (exact) mass is 354 g/mol. The van der Waals surface area contributed by atoms with Gasteiger partial charge in [-0.15, -0.1) is 0 Å². The summed E-state index contributed by atoms with van der Waals surface area (Å²) in [4.78, 5) is 35.9. The number of ether oxygens (including phenoxy) is 1. The fourth-order valence-electron chi connectivity index (χ4n) is 2.53. The maximum atomic E-state index is 12.4. The van der Waals surface area contributed by atoms with E-state index < -0.39 is 23.8 Å². The fourth-order valence-corrected chi connectivity index (χ4v) is 2.53. The molecule has 0 aliphatic carbocycles. The molecule has 6 nitrogen and oxygen atoms in total. The maximum Gasteiger partial charge on any atom is 0.308 e. The fraction of sp³-hybridized carbons (Fsp3) is 0.250. The number of benzene rings is 2. The minimum absolute atomic E-state index is 0.0934. The Hall–Kier alpha value is -3.15. The Bertz CT molecular complexity index is 782.